The molecule has 0 spiro atoms. The first-order valence-corrected chi connectivity index (χ1v) is 12.5. The van der Waals surface area contributed by atoms with Gasteiger partial charge in [-0.2, -0.15) is 5.10 Å². The molecule has 0 radical (unpaired) electrons. The average Bonchev–Trinajstić information content (AvgIpc) is 3.17. The van der Waals surface area contributed by atoms with Gasteiger partial charge in [0.2, 0.25) is 10.0 Å². The van der Waals surface area contributed by atoms with Gasteiger partial charge in [-0.1, -0.05) is 13.0 Å². The molecule has 1 N–H and O–H groups in total. The third kappa shape index (κ3) is 4.65. The molecular formula is C23H31N5O3S. The molecule has 1 atom stereocenters. The fourth-order valence-electron chi connectivity index (χ4n) is 4.43. The summed E-state index contributed by atoms with van der Waals surface area (Å²) in [6.45, 7) is 9.23. The highest BCUT2D eigenvalue weighted by Crippen LogP contribution is 2.31. The van der Waals surface area contributed by atoms with Gasteiger partial charge in [-0.3, -0.25) is 0 Å². The molecule has 9 heteroatoms. The summed E-state index contributed by atoms with van der Waals surface area (Å²) in [5.74, 6) is 0.966. The zero-order chi connectivity index (χ0) is 22.9. The lowest BCUT2D eigenvalue weighted by Crippen LogP contribution is -2.40. The third-order valence-corrected chi connectivity index (χ3v) is 7.49. The SMILES string of the molecule is COc1ccc(-c2cnn3c(C)cc(C)nc23)cc1S(=O)(=O)NCCN1CCC[C@H](C)C1. The van der Waals surface area contributed by atoms with Crippen LogP contribution in [-0.2, 0) is 10.0 Å². The molecule has 3 aromatic rings. The van der Waals surface area contributed by atoms with Crippen molar-refractivity contribution in [3.8, 4) is 16.9 Å². The van der Waals surface area contributed by atoms with E-state index in [2.05, 4.69) is 26.6 Å². The van der Waals surface area contributed by atoms with E-state index >= 15 is 0 Å². The summed E-state index contributed by atoms with van der Waals surface area (Å²) in [6, 6.07) is 7.12. The molecule has 1 saturated heterocycles. The maximum atomic E-state index is 13.2. The van der Waals surface area contributed by atoms with Crippen LogP contribution in [0.2, 0.25) is 0 Å². The molecule has 0 bridgehead atoms. The Balaban J connectivity index is 1.61. The van der Waals surface area contributed by atoms with Gasteiger partial charge in [0.25, 0.3) is 0 Å². The topological polar surface area (TPSA) is 88.8 Å². The number of nitrogens with one attached hydrogen (secondary N) is 1. The second kappa shape index (κ2) is 9.17. The Labute approximate surface area is 189 Å². The number of ether oxygens (including phenoxy) is 1. The Morgan fingerprint density at radius 1 is 1.25 bits per heavy atom. The van der Waals surface area contributed by atoms with Gasteiger partial charge in [0.15, 0.2) is 5.65 Å². The summed E-state index contributed by atoms with van der Waals surface area (Å²) < 4.78 is 36.2. The maximum Gasteiger partial charge on any atom is 0.244 e. The lowest BCUT2D eigenvalue weighted by molar-refractivity contribution is 0.187. The van der Waals surface area contributed by atoms with Crippen LogP contribution in [0.25, 0.3) is 16.8 Å². The second-order valence-electron chi connectivity index (χ2n) is 8.64. The fraction of sp³-hybridized carbons (Fsp3) is 0.478. The number of aromatic nitrogens is 3. The summed E-state index contributed by atoms with van der Waals surface area (Å²) >= 11 is 0. The number of hydrogen-bond acceptors (Lipinski definition) is 6. The van der Waals surface area contributed by atoms with Gasteiger partial charge >= 0.3 is 0 Å². The van der Waals surface area contributed by atoms with Crippen LogP contribution in [-0.4, -0.2) is 61.2 Å². The van der Waals surface area contributed by atoms with Crippen molar-refractivity contribution in [1.29, 1.82) is 0 Å². The molecular weight excluding hydrogens is 426 g/mol. The zero-order valence-corrected chi connectivity index (χ0v) is 19.9. The van der Waals surface area contributed by atoms with E-state index in [1.54, 1.807) is 22.8 Å². The number of aryl methyl sites for hydroxylation is 2. The minimum atomic E-state index is -3.75. The molecule has 2 aromatic heterocycles. The molecule has 3 heterocycles. The Hall–Kier alpha value is -2.49. The average molecular weight is 458 g/mol. The Bertz CT molecular complexity index is 1220. The molecule has 1 aliphatic heterocycles. The Morgan fingerprint density at radius 2 is 2.06 bits per heavy atom. The molecule has 0 aliphatic carbocycles. The number of sulfonamides is 1. The van der Waals surface area contributed by atoms with E-state index in [9.17, 15) is 8.42 Å². The lowest BCUT2D eigenvalue weighted by atomic mass is 10.0. The maximum absolute atomic E-state index is 13.2. The summed E-state index contributed by atoms with van der Waals surface area (Å²) in [5.41, 5.74) is 4.05. The van der Waals surface area contributed by atoms with E-state index in [0.29, 0.717) is 30.4 Å². The van der Waals surface area contributed by atoms with E-state index in [0.717, 1.165) is 42.0 Å². The molecule has 1 aliphatic rings. The number of methoxy groups -OCH3 is 1. The summed E-state index contributed by atoms with van der Waals surface area (Å²) in [5, 5.41) is 4.43. The summed E-state index contributed by atoms with van der Waals surface area (Å²) in [6.07, 6.45) is 4.12. The van der Waals surface area contributed by atoms with Crippen LogP contribution in [0.15, 0.2) is 35.4 Å². The number of benzene rings is 1. The van der Waals surface area contributed by atoms with Gasteiger partial charge in [0.05, 0.1) is 13.3 Å². The van der Waals surface area contributed by atoms with E-state index < -0.39 is 10.0 Å². The van der Waals surface area contributed by atoms with Crippen molar-refractivity contribution in [3.05, 3.63) is 41.9 Å². The molecule has 172 valence electrons. The van der Waals surface area contributed by atoms with Crippen molar-refractivity contribution in [2.24, 2.45) is 5.92 Å². The van der Waals surface area contributed by atoms with Crippen molar-refractivity contribution >= 4 is 15.7 Å². The predicted octanol–water partition coefficient (Wildman–Crippen LogP) is 3.03. The van der Waals surface area contributed by atoms with E-state index in [4.69, 9.17) is 4.74 Å². The molecule has 0 amide bonds. The van der Waals surface area contributed by atoms with Crippen LogP contribution in [0, 0.1) is 19.8 Å². The van der Waals surface area contributed by atoms with Crippen LogP contribution in [0.1, 0.15) is 31.2 Å². The first-order valence-electron chi connectivity index (χ1n) is 11.0. The van der Waals surface area contributed by atoms with Gasteiger partial charge in [0.1, 0.15) is 10.6 Å². The number of likely N-dealkylation sites (tertiary alicyclic amines) is 1. The van der Waals surface area contributed by atoms with E-state index in [1.807, 2.05) is 26.0 Å². The third-order valence-electron chi connectivity index (χ3n) is 6.00. The largest absolute Gasteiger partial charge is 0.495 e. The number of nitrogens with zero attached hydrogens (tertiary/aromatic N) is 4. The minimum Gasteiger partial charge on any atom is -0.495 e. The van der Waals surface area contributed by atoms with Crippen molar-refractivity contribution in [2.75, 3.05) is 33.3 Å². The van der Waals surface area contributed by atoms with Crippen LogP contribution in [0.4, 0.5) is 0 Å². The molecule has 0 saturated carbocycles. The Kier molecular flexibility index (Phi) is 6.50. The highest BCUT2D eigenvalue weighted by Gasteiger charge is 2.23. The Morgan fingerprint density at radius 3 is 2.81 bits per heavy atom. The molecule has 1 fully saturated rings. The molecule has 8 nitrogen and oxygen atoms in total. The van der Waals surface area contributed by atoms with Crippen molar-refractivity contribution in [2.45, 2.75) is 38.5 Å². The normalized spacial score (nSPS) is 17.7. The highest BCUT2D eigenvalue weighted by atomic mass is 32.2. The number of hydrogen-bond donors (Lipinski definition) is 1. The second-order valence-corrected chi connectivity index (χ2v) is 10.4. The van der Waals surface area contributed by atoms with Gasteiger partial charge in [-0.15, -0.1) is 0 Å². The first-order chi connectivity index (χ1) is 15.3. The van der Waals surface area contributed by atoms with Crippen LogP contribution >= 0.6 is 0 Å². The quantitative estimate of drug-likeness (QED) is 0.587. The van der Waals surface area contributed by atoms with Crippen molar-refractivity contribution in [3.63, 3.8) is 0 Å². The highest BCUT2D eigenvalue weighted by molar-refractivity contribution is 7.89. The zero-order valence-electron chi connectivity index (χ0n) is 19.1. The number of piperidine rings is 1. The van der Waals surface area contributed by atoms with E-state index in [-0.39, 0.29) is 4.90 Å². The van der Waals surface area contributed by atoms with Gasteiger partial charge in [-0.25, -0.2) is 22.6 Å². The fourth-order valence-corrected chi connectivity index (χ4v) is 5.65. The van der Waals surface area contributed by atoms with Crippen LogP contribution < -0.4 is 9.46 Å². The summed E-state index contributed by atoms with van der Waals surface area (Å²) in [7, 11) is -2.27. The smallest absolute Gasteiger partial charge is 0.244 e. The molecule has 32 heavy (non-hydrogen) atoms. The van der Waals surface area contributed by atoms with Crippen molar-refractivity contribution in [1.82, 2.24) is 24.2 Å². The standard InChI is InChI=1S/C23H31N5O3S/c1-16-6-5-10-27(15-16)11-9-25-32(29,30)22-13-19(7-8-21(22)31-4)20-14-24-28-18(3)12-17(2)26-23(20)28/h7-8,12-14,16,25H,5-6,9-11,15H2,1-4H3/t16-/m0/s1. The van der Waals surface area contributed by atoms with Gasteiger partial charge < -0.3 is 9.64 Å². The molecule has 0 unspecified atom stereocenters. The summed E-state index contributed by atoms with van der Waals surface area (Å²) in [4.78, 5) is 7.05. The van der Waals surface area contributed by atoms with Crippen LogP contribution in [0.3, 0.4) is 0 Å². The molecule has 1 aromatic carbocycles. The first kappa shape index (κ1) is 22.7. The predicted molar refractivity (Wildman–Crippen MR) is 124 cm³/mol. The number of rotatable bonds is 7. The lowest BCUT2D eigenvalue weighted by Gasteiger charge is -2.30. The molecule has 4 rings (SSSR count). The minimum absolute atomic E-state index is 0.119. The number of fused-ring (bicyclic) bond motifs is 1. The van der Waals surface area contributed by atoms with Gasteiger partial charge in [0, 0.05) is 36.6 Å². The van der Waals surface area contributed by atoms with Crippen LogP contribution in [0.5, 0.6) is 5.75 Å². The monoisotopic (exact) mass is 457 g/mol. The van der Waals surface area contributed by atoms with Crippen molar-refractivity contribution < 1.29 is 13.2 Å². The van der Waals surface area contributed by atoms with E-state index in [1.165, 1.54) is 13.5 Å². The van der Waals surface area contributed by atoms with Gasteiger partial charge in [-0.05, 0) is 62.9 Å².